The van der Waals surface area contributed by atoms with Gasteiger partial charge in [-0.1, -0.05) is 12.1 Å². The Balaban J connectivity index is 2.42. The van der Waals surface area contributed by atoms with Gasteiger partial charge in [0.05, 0.1) is 11.6 Å². The van der Waals surface area contributed by atoms with Crippen LogP contribution in [0.2, 0.25) is 0 Å². The average Bonchev–Trinajstić information content (AvgIpc) is 2.35. The summed E-state index contributed by atoms with van der Waals surface area (Å²) in [6, 6.07) is 4.19. The minimum absolute atomic E-state index is 0.00500. The quantitative estimate of drug-likeness (QED) is 0.864. The number of ether oxygens (including phenoxy) is 1. The van der Waals surface area contributed by atoms with E-state index in [1.807, 2.05) is 0 Å². The van der Waals surface area contributed by atoms with Crippen LogP contribution in [0.4, 0.5) is 14.9 Å². The van der Waals surface area contributed by atoms with Crippen LogP contribution in [0.5, 0.6) is 0 Å². The van der Waals surface area contributed by atoms with Crippen molar-refractivity contribution in [1.82, 2.24) is 0 Å². The Morgan fingerprint density at radius 2 is 2.05 bits per heavy atom. The molecule has 0 aliphatic carbocycles. The van der Waals surface area contributed by atoms with E-state index >= 15 is 0 Å². The summed E-state index contributed by atoms with van der Waals surface area (Å²) in [6.45, 7) is 5.27. The third-order valence-electron chi connectivity index (χ3n) is 3.22. The lowest BCUT2D eigenvalue weighted by Crippen LogP contribution is -2.42. The molecule has 0 bridgehead atoms. The molecule has 0 aromatic heterocycles. The molecule has 1 aliphatic heterocycles. The number of rotatable bonds is 1. The zero-order valence-electron chi connectivity index (χ0n) is 12.2. The summed E-state index contributed by atoms with van der Waals surface area (Å²) in [4.78, 5) is 24.6. The second kappa shape index (κ2) is 5.35. The molecule has 1 unspecified atom stereocenters. The number of nitrogens with zero attached hydrogens (tertiary/aromatic N) is 1. The molecule has 5 nitrogen and oxygen atoms in total. The lowest BCUT2D eigenvalue weighted by atomic mass is 9.90. The van der Waals surface area contributed by atoms with Crippen LogP contribution >= 0.6 is 0 Å². The first-order valence-electron chi connectivity index (χ1n) is 6.72. The molecule has 114 valence electrons. The first kappa shape index (κ1) is 15.3. The van der Waals surface area contributed by atoms with E-state index in [0.29, 0.717) is 5.56 Å². The van der Waals surface area contributed by atoms with Crippen LogP contribution in [0.3, 0.4) is 0 Å². The van der Waals surface area contributed by atoms with Gasteiger partial charge in [0.2, 0.25) is 0 Å². The monoisotopic (exact) mass is 295 g/mol. The largest absolute Gasteiger partial charge is 0.481 e. The van der Waals surface area contributed by atoms with Crippen LogP contribution in [-0.2, 0) is 9.53 Å². The molecule has 0 spiro atoms. The molecule has 0 fully saturated rings. The molecular weight excluding hydrogens is 277 g/mol. The molecule has 0 saturated carbocycles. The Hall–Kier alpha value is -2.11. The number of carboxylic acid groups (broad SMARTS) is 1. The van der Waals surface area contributed by atoms with Crippen molar-refractivity contribution in [3.8, 4) is 0 Å². The van der Waals surface area contributed by atoms with Gasteiger partial charge in [-0.25, -0.2) is 9.18 Å². The fraction of sp³-hybridized carbons (Fsp3) is 0.467. The van der Waals surface area contributed by atoms with Gasteiger partial charge in [-0.15, -0.1) is 0 Å². The van der Waals surface area contributed by atoms with E-state index in [1.165, 1.54) is 23.1 Å². The van der Waals surface area contributed by atoms with Gasteiger partial charge in [0.1, 0.15) is 11.4 Å². The average molecular weight is 295 g/mol. The first-order chi connectivity index (χ1) is 9.70. The molecular formula is C15H18FNO4. The lowest BCUT2D eigenvalue weighted by molar-refractivity contribution is -0.139. The summed E-state index contributed by atoms with van der Waals surface area (Å²) < 4.78 is 19.4. The van der Waals surface area contributed by atoms with Crippen molar-refractivity contribution in [3.63, 3.8) is 0 Å². The van der Waals surface area contributed by atoms with E-state index in [1.54, 1.807) is 20.8 Å². The molecule has 1 aromatic rings. The SMILES string of the molecule is CC(C)(C)OC(=O)N1CCC(C(=O)O)c2cccc(F)c21. The molecule has 0 radical (unpaired) electrons. The summed E-state index contributed by atoms with van der Waals surface area (Å²) in [6.07, 6.45) is -0.442. The van der Waals surface area contributed by atoms with Gasteiger partial charge < -0.3 is 9.84 Å². The molecule has 21 heavy (non-hydrogen) atoms. The maximum absolute atomic E-state index is 14.1. The van der Waals surface area contributed by atoms with E-state index in [9.17, 15) is 19.1 Å². The van der Waals surface area contributed by atoms with Crippen LogP contribution in [0, 0.1) is 5.82 Å². The lowest BCUT2D eigenvalue weighted by Gasteiger charge is -2.34. The van der Waals surface area contributed by atoms with E-state index in [-0.39, 0.29) is 18.7 Å². The number of hydrogen-bond acceptors (Lipinski definition) is 3. The fourth-order valence-electron chi connectivity index (χ4n) is 2.38. The van der Waals surface area contributed by atoms with E-state index in [2.05, 4.69) is 0 Å². The van der Waals surface area contributed by atoms with E-state index < -0.39 is 29.4 Å². The number of carbonyl (C=O) groups is 2. The number of amides is 1. The minimum Gasteiger partial charge on any atom is -0.481 e. The van der Waals surface area contributed by atoms with Crippen molar-refractivity contribution in [2.24, 2.45) is 0 Å². The van der Waals surface area contributed by atoms with Crippen molar-refractivity contribution in [2.45, 2.75) is 38.7 Å². The van der Waals surface area contributed by atoms with Crippen molar-refractivity contribution >= 4 is 17.7 Å². The van der Waals surface area contributed by atoms with Gasteiger partial charge in [0.25, 0.3) is 0 Å². The Labute approximate surface area is 122 Å². The Morgan fingerprint density at radius 3 is 2.62 bits per heavy atom. The molecule has 1 atom stereocenters. The van der Waals surface area contributed by atoms with E-state index in [4.69, 9.17) is 4.74 Å². The molecule has 1 N–H and O–H groups in total. The third kappa shape index (κ3) is 3.15. The van der Waals surface area contributed by atoms with Crippen LogP contribution < -0.4 is 4.90 Å². The highest BCUT2D eigenvalue weighted by molar-refractivity contribution is 5.92. The minimum atomic E-state index is -1.02. The molecule has 1 amide bonds. The number of halogens is 1. The first-order valence-corrected chi connectivity index (χ1v) is 6.72. The topological polar surface area (TPSA) is 66.8 Å². The Morgan fingerprint density at radius 1 is 1.38 bits per heavy atom. The number of carboxylic acids is 1. The van der Waals surface area contributed by atoms with Crippen molar-refractivity contribution in [1.29, 1.82) is 0 Å². The summed E-state index contributed by atoms with van der Waals surface area (Å²) >= 11 is 0. The normalized spacial score (nSPS) is 18.1. The summed E-state index contributed by atoms with van der Waals surface area (Å²) in [5, 5.41) is 9.23. The van der Waals surface area contributed by atoms with Gasteiger partial charge in [-0.2, -0.15) is 0 Å². The summed E-state index contributed by atoms with van der Waals surface area (Å²) in [5.41, 5.74) is -0.392. The third-order valence-corrected chi connectivity index (χ3v) is 3.22. The zero-order chi connectivity index (χ0) is 15.8. The predicted molar refractivity (Wildman–Crippen MR) is 75.0 cm³/mol. The van der Waals surface area contributed by atoms with Crippen LogP contribution in [0.15, 0.2) is 18.2 Å². The van der Waals surface area contributed by atoms with Gasteiger partial charge >= 0.3 is 12.1 Å². The van der Waals surface area contributed by atoms with Gasteiger partial charge in [0, 0.05) is 6.54 Å². The van der Waals surface area contributed by atoms with Crippen molar-refractivity contribution in [3.05, 3.63) is 29.6 Å². The van der Waals surface area contributed by atoms with Crippen LogP contribution in [0.25, 0.3) is 0 Å². The Kier molecular flexibility index (Phi) is 3.89. The number of hydrogen-bond donors (Lipinski definition) is 1. The standard InChI is InChI=1S/C15H18FNO4/c1-15(2,3)21-14(20)17-8-7-10(13(18)19)9-5-4-6-11(16)12(9)17/h4-6,10H,7-8H2,1-3H3,(H,18,19). The molecule has 1 aromatic carbocycles. The molecule has 0 saturated heterocycles. The predicted octanol–water partition coefficient (Wildman–Crippen LogP) is 3.14. The van der Waals surface area contributed by atoms with Crippen LogP contribution in [0.1, 0.15) is 38.7 Å². The van der Waals surface area contributed by atoms with Crippen molar-refractivity contribution in [2.75, 3.05) is 11.4 Å². The molecule has 1 heterocycles. The molecule has 6 heteroatoms. The number of carbonyl (C=O) groups excluding carboxylic acids is 1. The zero-order valence-corrected chi connectivity index (χ0v) is 12.2. The second-order valence-corrected chi connectivity index (χ2v) is 5.99. The van der Waals surface area contributed by atoms with Crippen LogP contribution in [-0.4, -0.2) is 29.3 Å². The number of aliphatic carboxylic acids is 1. The van der Waals surface area contributed by atoms with E-state index in [0.717, 1.165) is 0 Å². The molecule has 2 rings (SSSR count). The summed E-state index contributed by atoms with van der Waals surface area (Å²) in [7, 11) is 0. The number of fused-ring (bicyclic) bond motifs is 1. The fourth-order valence-corrected chi connectivity index (χ4v) is 2.38. The number of benzene rings is 1. The highest BCUT2D eigenvalue weighted by Gasteiger charge is 2.36. The molecule has 1 aliphatic rings. The second-order valence-electron chi connectivity index (χ2n) is 5.99. The maximum atomic E-state index is 14.1. The van der Waals surface area contributed by atoms with Gasteiger partial charge in [-0.3, -0.25) is 9.69 Å². The Bertz CT molecular complexity index is 580. The maximum Gasteiger partial charge on any atom is 0.414 e. The number of para-hydroxylation sites is 1. The number of anilines is 1. The van der Waals surface area contributed by atoms with Gasteiger partial charge in [-0.05, 0) is 38.8 Å². The summed E-state index contributed by atoms with van der Waals surface area (Å²) in [5.74, 6) is -2.45. The van der Waals surface area contributed by atoms with Gasteiger partial charge in [0.15, 0.2) is 0 Å². The smallest absolute Gasteiger partial charge is 0.414 e. The highest BCUT2D eigenvalue weighted by atomic mass is 19.1. The highest BCUT2D eigenvalue weighted by Crippen LogP contribution is 2.38. The van der Waals surface area contributed by atoms with Crippen molar-refractivity contribution < 1.29 is 23.8 Å².